The van der Waals surface area contributed by atoms with Gasteiger partial charge in [-0.1, -0.05) is 30.3 Å². The van der Waals surface area contributed by atoms with Crippen LogP contribution in [0.1, 0.15) is 23.5 Å². The predicted molar refractivity (Wildman–Crippen MR) is 115 cm³/mol. The number of thiazole rings is 1. The van der Waals surface area contributed by atoms with Crippen molar-refractivity contribution in [3.63, 3.8) is 0 Å². The molecule has 152 valence electrons. The number of aromatic nitrogens is 3. The van der Waals surface area contributed by atoms with Crippen molar-refractivity contribution in [1.29, 1.82) is 0 Å². The van der Waals surface area contributed by atoms with E-state index in [0.29, 0.717) is 18.0 Å². The monoisotopic (exact) mass is 420 g/mol. The Hall–Kier alpha value is -3.52. The molecule has 0 bridgehead atoms. The number of carbonyl (C=O) groups is 1. The van der Waals surface area contributed by atoms with Crippen molar-refractivity contribution in [2.75, 3.05) is 0 Å². The van der Waals surface area contributed by atoms with E-state index in [1.807, 2.05) is 37.3 Å². The first-order valence-electron chi connectivity index (χ1n) is 9.46. The lowest BCUT2D eigenvalue weighted by atomic mass is 10.2. The summed E-state index contributed by atoms with van der Waals surface area (Å²) < 4.78 is 6.50. The third-order valence-electron chi connectivity index (χ3n) is 4.68. The fourth-order valence-corrected chi connectivity index (χ4v) is 3.99. The van der Waals surface area contributed by atoms with Crippen LogP contribution in [0, 0.1) is 6.92 Å². The quantitative estimate of drug-likeness (QED) is 0.512. The van der Waals surface area contributed by atoms with Crippen LogP contribution in [0.3, 0.4) is 0 Å². The highest BCUT2D eigenvalue weighted by molar-refractivity contribution is 7.15. The molecule has 1 atom stereocenters. The molecule has 8 heteroatoms. The Bertz CT molecular complexity index is 1210. The molecule has 3 aromatic heterocycles. The Labute approximate surface area is 177 Å². The van der Waals surface area contributed by atoms with Gasteiger partial charge in [0, 0.05) is 16.5 Å². The van der Waals surface area contributed by atoms with E-state index >= 15 is 0 Å². The average Bonchev–Trinajstić information content (AvgIpc) is 3.43. The van der Waals surface area contributed by atoms with Crippen molar-refractivity contribution < 1.29 is 9.21 Å². The van der Waals surface area contributed by atoms with Gasteiger partial charge in [0.05, 0.1) is 18.5 Å². The van der Waals surface area contributed by atoms with Gasteiger partial charge in [0.1, 0.15) is 16.7 Å². The zero-order chi connectivity index (χ0) is 21.1. The number of furan rings is 1. The molecule has 0 saturated heterocycles. The summed E-state index contributed by atoms with van der Waals surface area (Å²) in [5.74, 6) is 0.236. The highest BCUT2D eigenvalue weighted by Gasteiger charge is 2.19. The first-order valence-corrected chi connectivity index (χ1v) is 10.3. The molecule has 1 aromatic carbocycles. The Morgan fingerprint density at radius 2 is 1.97 bits per heavy atom. The number of hydrogen-bond donors (Lipinski definition) is 1. The van der Waals surface area contributed by atoms with E-state index in [4.69, 9.17) is 4.42 Å². The van der Waals surface area contributed by atoms with Crippen LogP contribution in [0.25, 0.3) is 22.0 Å². The van der Waals surface area contributed by atoms with E-state index in [0.717, 1.165) is 21.1 Å². The number of aryl methyl sites for hydroxylation is 1. The first kappa shape index (κ1) is 19.8. The van der Waals surface area contributed by atoms with Crippen LogP contribution in [-0.2, 0) is 11.3 Å². The number of benzene rings is 1. The van der Waals surface area contributed by atoms with Gasteiger partial charge in [0.15, 0.2) is 5.76 Å². The summed E-state index contributed by atoms with van der Waals surface area (Å²) in [5.41, 5.74) is 2.06. The summed E-state index contributed by atoms with van der Waals surface area (Å²) in [5, 5.41) is 8.10. The van der Waals surface area contributed by atoms with Crippen molar-refractivity contribution in [2.24, 2.45) is 0 Å². The predicted octanol–water partition coefficient (Wildman–Crippen LogP) is 3.81. The highest BCUT2D eigenvalue weighted by atomic mass is 32.1. The minimum atomic E-state index is -0.769. The minimum absolute atomic E-state index is 0.296. The Morgan fingerprint density at radius 1 is 1.17 bits per heavy atom. The van der Waals surface area contributed by atoms with E-state index in [-0.39, 0.29) is 11.5 Å². The van der Waals surface area contributed by atoms with Gasteiger partial charge in [-0.05, 0) is 32.0 Å². The van der Waals surface area contributed by atoms with Gasteiger partial charge < -0.3 is 9.73 Å². The van der Waals surface area contributed by atoms with Gasteiger partial charge in [-0.3, -0.25) is 9.59 Å². The summed E-state index contributed by atoms with van der Waals surface area (Å²) in [6, 6.07) is 15.6. The lowest BCUT2D eigenvalue weighted by Crippen LogP contribution is -2.36. The molecule has 0 aliphatic rings. The molecule has 7 nitrogen and oxygen atoms in total. The molecular formula is C22H20N4O3S. The molecule has 30 heavy (non-hydrogen) atoms. The molecule has 0 spiro atoms. The number of hydrogen-bond acceptors (Lipinski definition) is 6. The van der Waals surface area contributed by atoms with Crippen molar-refractivity contribution in [3.8, 4) is 22.0 Å². The van der Waals surface area contributed by atoms with Gasteiger partial charge >= 0.3 is 0 Å². The Morgan fingerprint density at radius 3 is 2.70 bits per heavy atom. The van der Waals surface area contributed by atoms with Crippen LogP contribution in [0.2, 0.25) is 0 Å². The van der Waals surface area contributed by atoms with Crippen LogP contribution in [0.5, 0.6) is 0 Å². The Balaban J connectivity index is 1.48. The lowest BCUT2D eigenvalue weighted by Gasteiger charge is -2.14. The van der Waals surface area contributed by atoms with Crippen molar-refractivity contribution in [3.05, 3.63) is 81.8 Å². The molecule has 0 aliphatic carbocycles. The van der Waals surface area contributed by atoms with Crippen LogP contribution in [0.15, 0.2) is 70.1 Å². The summed E-state index contributed by atoms with van der Waals surface area (Å²) >= 11 is 1.54. The van der Waals surface area contributed by atoms with Gasteiger partial charge in [-0.2, -0.15) is 5.10 Å². The molecule has 0 radical (unpaired) electrons. The fraction of sp³-hybridized carbons (Fsp3) is 0.182. The molecule has 3 heterocycles. The molecular weight excluding hydrogens is 400 g/mol. The molecule has 4 aromatic rings. The maximum Gasteiger partial charge on any atom is 0.267 e. The van der Waals surface area contributed by atoms with Gasteiger partial charge in [-0.15, -0.1) is 11.3 Å². The van der Waals surface area contributed by atoms with Crippen molar-refractivity contribution in [1.82, 2.24) is 20.1 Å². The summed E-state index contributed by atoms with van der Waals surface area (Å²) in [4.78, 5) is 30.5. The van der Waals surface area contributed by atoms with E-state index in [1.54, 1.807) is 36.5 Å². The van der Waals surface area contributed by atoms with Gasteiger partial charge in [0.2, 0.25) is 5.91 Å². The molecule has 0 aliphatic heterocycles. The zero-order valence-corrected chi connectivity index (χ0v) is 17.3. The molecule has 0 saturated carbocycles. The van der Waals surface area contributed by atoms with Crippen molar-refractivity contribution in [2.45, 2.75) is 26.4 Å². The molecule has 0 fully saturated rings. The largest absolute Gasteiger partial charge is 0.463 e. The van der Waals surface area contributed by atoms with Crippen LogP contribution < -0.4 is 10.9 Å². The first-order chi connectivity index (χ1) is 14.5. The smallest absolute Gasteiger partial charge is 0.267 e. The third kappa shape index (κ3) is 4.08. The van der Waals surface area contributed by atoms with E-state index in [1.165, 1.54) is 17.0 Å². The van der Waals surface area contributed by atoms with Gasteiger partial charge in [-0.25, -0.2) is 9.67 Å². The standard InChI is InChI=1S/C22H20N4O3S/c1-14-19(30-22(24-14)16-7-4-3-5-8-16)13-23-21(28)15(2)26-20(27)11-10-17(25-26)18-9-6-12-29-18/h3-12,15H,13H2,1-2H3,(H,23,28). The fourth-order valence-electron chi connectivity index (χ4n) is 2.98. The van der Waals surface area contributed by atoms with E-state index in [9.17, 15) is 9.59 Å². The second kappa shape index (κ2) is 8.46. The number of nitrogens with one attached hydrogen (secondary N) is 1. The molecule has 1 unspecified atom stereocenters. The normalized spacial score (nSPS) is 11.9. The van der Waals surface area contributed by atoms with Gasteiger partial charge in [0.25, 0.3) is 5.56 Å². The average molecular weight is 420 g/mol. The minimum Gasteiger partial charge on any atom is -0.463 e. The second-order valence-electron chi connectivity index (χ2n) is 6.77. The number of carbonyl (C=O) groups excluding carboxylic acids is 1. The Kier molecular flexibility index (Phi) is 5.58. The second-order valence-corrected chi connectivity index (χ2v) is 7.85. The number of nitrogens with zero attached hydrogens (tertiary/aromatic N) is 3. The number of amides is 1. The zero-order valence-electron chi connectivity index (χ0n) is 16.5. The van der Waals surface area contributed by atoms with Crippen LogP contribution >= 0.6 is 11.3 Å². The lowest BCUT2D eigenvalue weighted by molar-refractivity contribution is -0.124. The van der Waals surface area contributed by atoms with Crippen LogP contribution in [-0.4, -0.2) is 20.7 Å². The third-order valence-corrected chi connectivity index (χ3v) is 5.89. The molecule has 1 N–H and O–H groups in total. The van der Waals surface area contributed by atoms with E-state index < -0.39 is 6.04 Å². The summed E-state index contributed by atoms with van der Waals surface area (Å²) in [6.45, 7) is 3.91. The maximum absolute atomic E-state index is 12.7. The maximum atomic E-state index is 12.7. The topological polar surface area (TPSA) is 90.0 Å². The van der Waals surface area contributed by atoms with Crippen molar-refractivity contribution >= 4 is 17.2 Å². The van der Waals surface area contributed by atoms with E-state index in [2.05, 4.69) is 15.4 Å². The van der Waals surface area contributed by atoms with Crippen LogP contribution in [0.4, 0.5) is 0 Å². The molecule has 1 amide bonds. The number of rotatable bonds is 6. The summed E-state index contributed by atoms with van der Waals surface area (Å²) in [7, 11) is 0. The summed E-state index contributed by atoms with van der Waals surface area (Å²) in [6.07, 6.45) is 1.53. The highest BCUT2D eigenvalue weighted by Crippen LogP contribution is 2.27. The molecule has 4 rings (SSSR count). The SMILES string of the molecule is Cc1nc(-c2ccccc2)sc1CNC(=O)C(C)n1nc(-c2ccco2)ccc1=O.